The summed E-state index contributed by atoms with van der Waals surface area (Å²) >= 11 is 0. The van der Waals surface area contributed by atoms with Crippen molar-refractivity contribution < 1.29 is 17.2 Å². The summed E-state index contributed by atoms with van der Waals surface area (Å²) in [6.45, 7) is 1.66. The second-order valence-electron chi connectivity index (χ2n) is 9.71. The summed E-state index contributed by atoms with van der Waals surface area (Å²) in [6, 6.07) is 12.4. The molecule has 0 atom stereocenters. The molecule has 5 aromatic rings. The molecule has 10 heteroatoms. The first-order valence-electron chi connectivity index (χ1n) is 12.0. The zero-order valence-corrected chi connectivity index (χ0v) is 22.1. The van der Waals surface area contributed by atoms with Crippen molar-refractivity contribution in [2.45, 2.75) is 12.3 Å². The minimum atomic E-state index is -3.35. The zero-order chi connectivity index (χ0) is 27.0. The molecule has 0 radical (unpaired) electrons. The van der Waals surface area contributed by atoms with Crippen LogP contribution in [0.1, 0.15) is 5.56 Å². The molecule has 2 aromatic carbocycles. The molecule has 0 unspecified atom stereocenters. The predicted octanol–water partition coefficient (Wildman–Crippen LogP) is 4.92. The monoisotopic (exact) mass is 535 g/mol. The second kappa shape index (κ2) is 10.1. The van der Waals surface area contributed by atoms with Gasteiger partial charge in [-0.1, -0.05) is 6.07 Å². The lowest BCUT2D eigenvalue weighted by Crippen LogP contribution is -2.18. The summed E-state index contributed by atoms with van der Waals surface area (Å²) in [5.41, 5.74) is 5.31. The van der Waals surface area contributed by atoms with Gasteiger partial charge in [-0.3, -0.25) is 4.68 Å². The highest BCUT2D eigenvalue weighted by Gasteiger charge is 2.15. The summed E-state index contributed by atoms with van der Waals surface area (Å²) in [7, 11) is 0.685. The Balaban J connectivity index is 1.55. The highest BCUT2D eigenvalue weighted by molar-refractivity contribution is 7.89. The molecule has 196 valence electrons. The standard InChI is InChI=1S/C28H27F2N5O2S/c1-33(2)8-9-34-16-23(14-31-34)20-4-7-28-26(15-32-35(28)17-20)22-11-19(18-38(3,36)37)10-21(12-22)25-6-5-24(29)13-27(25)30/h4-7,10-17H,8-9,18H2,1-3H3. The van der Waals surface area contributed by atoms with E-state index in [9.17, 15) is 17.2 Å². The highest BCUT2D eigenvalue weighted by atomic mass is 32.2. The molecule has 0 spiro atoms. The van der Waals surface area contributed by atoms with Crippen molar-refractivity contribution in [2.24, 2.45) is 0 Å². The zero-order valence-electron chi connectivity index (χ0n) is 21.3. The molecule has 0 bridgehead atoms. The van der Waals surface area contributed by atoms with Gasteiger partial charge in [0.2, 0.25) is 0 Å². The van der Waals surface area contributed by atoms with E-state index in [0.717, 1.165) is 47.6 Å². The second-order valence-corrected chi connectivity index (χ2v) is 11.9. The average Bonchev–Trinajstić information content (AvgIpc) is 3.48. The fourth-order valence-electron chi connectivity index (χ4n) is 4.43. The molecule has 0 saturated carbocycles. The van der Waals surface area contributed by atoms with E-state index in [1.807, 2.05) is 49.5 Å². The van der Waals surface area contributed by atoms with Gasteiger partial charge < -0.3 is 4.90 Å². The molecule has 3 aromatic heterocycles. The Morgan fingerprint density at radius 2 is 1.61 bits per heavy atom. The molecule has 5 rings (SSSR count). The largest absolute Gasteiger partial charge is 0.308 e. The van der Waals surface area contributed by atoms with E-state index in [1.165, 1.54) is 12.1 Å². The third-order valence-corrected chi connectivity index (χ3v) is 7.09. The molecule has 38 heavy (non-hydrogen) atoms. The van der Waals surface area contributed by atoms with Crippen molar-refractivity contribution in [3.05, 3.63) is 90.5 Å². The number of rotatable bonds is 8. The molecule has 0 N–H and O–H groups in total. The number of benzene rings is 2. The Bertz CT molecular complexity index is 1740. The normalized spacial score (nSPS) is 12.1. The van der Waals surface area contributed by atoms with Gasteiger partial charge in [0.15, 0.2) is 9.84 Å². The van der Waals surface area contributed by atoms with E-state index in [2.05, 4.69) is 15.1 Å². The number of nitrogens with zero attached hydrogens (tertiary/aromatic N) is 5. The molecule has 0 aliphatic heterocycles. The van der Waals surface area contributed by atoms with E-state index >= 15 is 0 Å². The highest BCUT2D eigenvalue weighted by Crippen LogP contribution is 2.33. The molecule has 7 nitrogen and oxygen atoms in total. The van der Waals surface area contributed by atoms with Crippen LogP contribution in [0.5, 0.6) is 0 Å². The van der Waals surface area contributed by atoms with Crippen LogP contribution in [0.3, 0.4) is 0 Å². The van der Waals surface area contributed by atoms with Crippen LogP contribution >= 0.6 is 0 Å². The third kappa shape index (κ3) is 5.66. The molecular weight excluding hydrogens is 508 g/mol. The maximum Gasteiger partial charge on any atom is 0.151 e. The number of fused-ring (bicyclic) bond motifs is 1. The summed E-state index contributed by atoms with van der Waals surface area (Å²) < 4.78 is 56.0. The van der Waals surface area contributed by atoms with Gasteiger partial charge in [-0.15, -0.1) is 0 Å². The first kappa shape index (κ1) is 25.7. The van der Waals surface area contributed by atoms with Crippen LogP contribution in [0.15, 0.2) is 73.3 Å². The molecule has 0 aliphatic carbocycles. The van der Waals surface area contributed by atoms with Crippen LogP contribution in [-0.4, -0.2) is 59.6 Å². The summed E-state index contributed by atoms with van der Waals surface area (Å²) in [5, 5.41) is 8.97. The van der Waals surface area contributed by atoms with Crippen LogP contribution in [-0.2, 0) is 22.1 Å². The summed E-state index contributed by atoms with van der Waals surface area (Å²) in [6.07, 6.45) is 8.57. The Morgan fingerprint density at radius 1 is 0.842 bits per heavy atom. The topological polar surface area (TPSA) is 72.5 Å². The van der Waals surface area contributed by atoms with E-state index in [0.29, 0.717) is 16.7 Å². The van der Waals surface area contributed by atoms with Crippen molar-refractivity contribution in [3.8, 4) is 33.4 Å². The van der Waals surface area contributed by atoms with Crippen LogP contribution in [0.25, 0.3) is 38.9 Å². The Labute approximate surface area is 219 Å². The minimum absolute atomic E-state index is 0.188. The van der Waals surface area contributed by atoms with Crippen LogP contribution < -0.4 is 0 Å². The first-order chi connectivity index (χ1) is 18.1. The van der Waals surface area contributed by atoms with Crippen molar-refractivity contribution in [2.75, 3.05) is 26.9 Å². The maximum absolute atomic E-state index is 14.6. The molecule has 0 amide bonds. The van der Waals surface area contributed by atoms with Crippen LogP contribution in [0.4, 0.5) is 8.78 Å². The lowest BCUT2D eigenvalue weighted by molar-refractivity contribution is 0.373. The number of hydrogen-bond donors (Lipinski definition) is 0. The molecule has 3 heterocycles. The van der Waals surface area contributed by atoms with Crippen LogP contribution in [0.2, 0.25) is 0 Å². The maximum atomic E-state index is 14.6. The Morgan fingerprint density at radius 3 is 2.32 bits per heavy atom. The first-order valence-corrected chi connectivity index (χ1v) is 14.0. The van der Waals surface area contributed by atoms with E-state index in [-0.39, 0.29) is 11.3 Å². The Hall–Kier alpha value is -3.89. The molecule has 0 fully saturated rings. The fraction of sp³-hybridized carbons (Fsp3) is 0.214. The van der Waals surface area contributed by atoms with E-state index in [1.54, 1.807) is 28.9 Å². The SMILES string of the molecule is CN(C)CCn1cc(-c2ccc3c(-c4cc(CS(C)(=O)=O)cc(-c5ccc(F)cc5F)c4)cnn3c2)cn1. The molecule has 0 saturated heterocycles. The quantitative estimate of drug-likeness (QED) is 0.282. The van der Waals surface area contributed by atoms with Crippen molar-refractivity contribution in [1.29, 1.82) is 0 Å². The number of pyridine rings is 1. The van der Waals surface area contributed by atoms with Crippen molar-refractivity contribution in [3.63, 3.8) is 0 Å². The van der Waals surface area contributed by atoms with Crippen molar-refractivity contribution >= 4 is 15.4 Å². The number of aromatic nitrogens is 4. The summed E-state index contributed by atoms with van der Waals surface area (Å²) in [4.78, 5) is 2.10. The lowest BCUT2D eigenvalue weighted by Gasteiger charge is -2.11. The van der Waals surface area contributed by atoms with Gasteiger partial charge in [0.1, 0.15) is 11.6 Å². The molecular formula is C28H27F2N5O2S. The van der Waals surface area contributed by atoms with Gasteiger partial charge in [-0.25, -0.2) is 21.7 Å². The smallest absolute Gasteiger partial charge is 0.151 e. The van der Waals surface area contributed by atoms with Gasteiger partial charge in [0, 0.05) is 53.5 Å². The van der Waals surface area contributed by atoms with Gasteiger partial charge >= 0.3 is 0 Å². The van der Waals surface area contributed by atoms with Crippen molar-refractivity contribution in [1.82, 2.24) is 24.3 Å². The minimum Gasteiger partial charge on any atom is -0.308 e. The molecule has 0 aliphatic rings. The fourth-order valence-corrected chi connectivity index (χ4v) is 5.20. The van der Waals surface area contributed by atoms with Gasteiger partial charge in [0.05, 0.1) is 30.2 Å². The summed E-state index contributed by atoms with van der Waals surface area (Å²) in [5.74, 6) is -1.61. The number of likely N-dealkylation sites (N-methyl/N-ethyl adjacent to an activating group) is 1. The van der Waals surface area contributed by atoms with E-state index < -0.39 is 21.5 Å². The van der Waals surface area contributed by atoms with E-state index in [4.69, 9.17) is 0 Å². The number of sulfone groups is 1. The third-order valence-electron chi connectivity index (χ3n) is 6.23. The number of hydrogen-bond acceptors (Lipinski definition) is 5. The number of halogens is 2. The van der Waals surface area contributed by atoms with Gasteiger partial charge in [-0.05, 0) is 67.2 Å². The van der Waals surface area contributed by atoms with Gasteiger partial charge in [-0.2, -0.15) is 10.2 Å². The average molecular weight is 536 g/mol. The van der Waals surface area contributed by atoms with Gasteiger partial charge in [0.25, 0.3) is 0 Å². The van der Waals surface area contributed by atoms with Crippen LogP contribution in [0, 0.1) is 11.6 Å². The predicted molar refractivity (Wildman–Crippen MR) is 144 cm³/mol. The lowest BCUT2D eigenvalue weighted by atomic mass is 9.96. The Kier molecular flexibility index (Phi) is 6.85.